The molecule has 220 valence electrons. The van der Waals surface area contributed by atoms with Gasteiger partial charge in [-0.05, 0) is 57.7 Å². The Hall–Kier alpha value is -3.89. The summed E-state index contributed by atoms with van der Waals surface area (Å²) in [5, 5.41) is 3.97. The first kappa shape index (κ1) is 28.6. The number of anilines is 3. The average Bonchev–Trinajstić information content (AvgIpc) is 3.46. The van der Waals surface area contributed by atoms with Crippen molar-refractivity contribution in [1.29, 1.82) is 0 Å². The predicted octanol–water partition coefficient (Wildman–Crippen LogP) is 5.14. The lowest BCUT2D eigenvalue weighted by atomic mass is 10.2. The summed E-state index contributed by atoms with van der Waals surface area (Å²) >= 11 is 0. The number of aromatic nitrogens is 4. The maximum atomic E-state index is 13.5. The van der Waals surface area contributed by atoms with E-state index in [0.717, 1.165) is 36.8 Å². The quantitative estimate of drug-likeness (QED) is 0.417. The van der Waals surface area contributed by atoms with Crippen molar-refractivity contribution in [3.8, 4) is 5.75 Å². The van der Waals surface area contributed by atoms with Gasteiger partial charge in [0.2, 0.25) is 5.95 Å². The highest BCUT2D eigenvalue weighted by Gasteiger charge is 2.26. The second kappa shape index (κ2) is 11.9. The van der Waals surface area contributed by atoms with Gasteiger partial charge in [0.05, 0.1) is 18.5 Å². The van der Waals surface area contributed by atoms with Gasteiger partial charge < -0.3 is 24.6 Å². The van der Waals surface area contributed by atoms with Crippen LogP contribution in [-0.2, 0) is 4.74 Å². The zero-order valence-corrected chi connectivity index (χ0v) is 24.7. The van der Waals surface area contributed by atoms with E-state index >= 15 is 0 Å². The molecule has 0 atom stereocenters. The number of fused-ring (bicyclic) bond motifs is 1. The van der Waals surface area contributed by atoms with E-state index in [2.05, 4.69) is 34.0 Å². The zero-order chi connectivity index (χ0) is 29.1. The molecule has 1 aliphatic heterocycles. The van der Waals surface area contributed by atoms with Crippen LogP contribution in [0.4, 0.5) is 22.2 Å². The molecule has 1 amide bonds. The number of amides is 1. The normalized spacial score (nSPS) is 16.4. The van der Waals surface area contributed by atoms with E-state index in [4.69, 9.17) is 14.5 Å². The minimum absolute atomic E-state index is 0.101. The molecule has 1 saturated carbocycles. The Labute approximate surface area is 240 Å². The molecule has 1 saturated heterocycles. The summed E-state index contributed by atoms with van der Waals surface area (Å²) in [5.41, 5.74) is 0.941. The Balaban J connectivity index is 1.30. The molecule has 4 heterocycles. The van der Waals surface area contributed by atoms with Gasteiger partial charge in [-0.15, -0.1) is 0 Å². The Morgan fingerprint density at radius 3 is 2.44 bits per heavy atom. The summed E-state index contributed by atoms with van der Waals surface area (Å²) in [6, 6.07) is 5.73. The smallest absolute Gasteiger partial charge is 0.410 e. The fourth-order valence-corrected chi connectivity index (χ4v) is 5.25. The molecule has 0 unspecified atom stereocenters. The first-order valence-electron chi connectivity index (χ1n) is 14.6. The van der Waals surface area contributed by atoms with Crippen LogP contribution in [0.1, 0.15) is 66.3 Å². The summed E-state index contributed by atoms with van der Waals surface area (Å²) in [4.78, 5) is 43.6. The van der Waals surface area contributed by atoms with Crippen molar-refractivity contribution in [2.75, 3.05) is 43.0 Å². The number of hydrogen-bond donors (Lipinski definition) is 1. The van der Waals surface area contributed by atoms with Crippen LogP contribution in [0.5, 0.6) is 5.75 Å². The van der Waals surface area contributed by atoms with E-state index < -0.39 is 5.60 Å². The SMILES string of the molecule is CC(C)COc1cc2cnc(Nc3ccc(N4CCN(C(=O)OC(C)(C)C)CC4)cn3)nc2n(C2CCCC2)c1=O. The molecule has 11 heteroatoms. The molecule has 2 aliphatic rings. The first-order valence-corrected chi connectivity index (χ1v) is 14.6. The molecule has 3 aromatic rings. The fourth-order valence-electron chi connectivity index (χ4n) is 5.25. The molecule has 3 aromatic heterocycles. The van der Waals surface area contributed by atoms with Gasteiger partial charge in [-0.1, -0.05) is 26.7 Å². The first-order chi connectivity index (χ1) is 19.6. The summed E-state index contributed by atoms with van der Waals surface area (Å²) in [5.74, 6) is 1.65. The Morgan fingerprint density at radius 1 is 1.07 bits per heavy atom. The van der Waals surface area contributed by atoms with Crippen LogP contribution in [0, 0.1) is 5.92 Å². The van der Waals surface area contributed by atoms with Crippen LogP contribution in [0.3, 0.4) is 0 Å². The van der Waals surface area contributed by atoms with Gasteiger partial charge in [-0.25, -0.2) is 14.8 Å². The number of piperazine rings is 1. The number of hydrogen-bond acceptors (Lipinski definition) is 9. The second-order valence-electron chi connectivity index (χ2n) is 12.3. The molecule has 0 spiro atoms. The number of rotatable bonds is 7. The van der Waals surface area contributed by atoms with Gasteiger partial charge in [-0.3, -0.25) is 9.36 Å². The summed E-state index contributed by atoms with van der Waals surface area (Å²) in [6.07, 6.45) is 7.35. The number of nitrogens with zero attached hydrogens (tertiary/aromatic N) is 6. The van der Waals surface area contributed by atoms with E-state index in [1.165, 1.54) is 0 Å². The summed E-state index contributed by atoms with van der Waals surface area (Å²) < 4.78 is 13.2. The molecule has 1 aliphatic carbocycles. The van der Waals surface area contributed by atoms with Crippen LogP contribution < -0.4 is 20.5 Å². The molecule has 11 nitrogen and oxygen atoms in total. The largest absolute Gasteiger partial charge is 0.488 e. The van der Waals surface area contributed by atoms with Crippen molar-refractivity contribution in [3.05, 3.63) is 40.9 Å². The van der Waals surface area contributed by atoms with Crippen molar-refractivity contribution < 1.29 is 14.3 Å². The minimum Gasteiger partial charge on any atom is -0.488 e. The highest BCUT2D eigenvalue weighted by molar-refractivity contribution is 5.77. The number of carbonyl (C=O) groups is 1. The van der Waals surface area contributed by atoms with Crippen LogP contribution in [0.2, 0.25) is 0 Å². The maximum Gasteiger partial charge on any atom is 0.410 e. The van der Waals surface area contributed by atoms with E-state index in [9.17, 15) is 9.59 Å². The van der Waals surface area contributed by atoms with Crippen molar-refractivity contribution in [1.82, 2.24) is 24.4 Å². The predicted molar refractivity (Wildman–Crippen MR) is 159 cm³/mol. The highest BCUT2D eigenvalue weighted by atomic mass is 16.6. The fraction of sp³-hybridized carbons (Fsp3) is 0.567. The highest BCUT2D eigenvalue weighted by Crippen LogP contribution is 2.32. The third-order valence-electron chi connectivity index (χ3n) is 7.29. The molecular formula is C30H41N7O4. The van der Waals surface area contributed by atoms with Gasteiger partial charge in [0, 0.05) is 43.8 Å². The van der Waals surface area contributed by atoms with E-state index in [-0.39, 0.29) is 17.7 Å². The van der Waals surface area contributed by atoms with Crippen molar-refractivity contribution in [2.45, 2.75) is 71.9 Å². The van der Waals surface area contributed by atoms with Gasteiger partial charge >= 0.3 is 6.09 Å². The van der Waals surface area contributed by atoms with E-state index in [1.807, 2.05) is 32.9 Å². The standard InChI is InChI=1S/C30H41N7O4/c1-20(2)19-40-24-16-21-17-32-28(34-26(21)37(27(24)38)22-8-6-7-9-22)33-25-11-10-23(18-31-25)35-12-14-36(15-13-35)29(39)41-30(3,4)5/h10-11,16-18,20,22H,6-9,12-15,19H2,1-5H3,(H,31,32,33,34). The van der Waals surface area contributed by atoms with Crippen LogP contribution >= 0.6 is 0 Å². The van der Waals surface area contributed by atoms with E-state index in [0.29, 0.717) is 61.9 Å². The Bertz CT molecular complexity index is 1420. The minimum atomic E-state index is -0.505. The van der Waals surface area contributed by atoms with Gasteiger partial charge in [0.1, 0.15) is 17.1 Å². The molecule has 5 rings (SSSR count). The number of pyridine rings is 2. The van der Waals surface area contributed by atoms with Crippen LogP contribution in [0.15, 0.2) is 35.4 Å². The lowest BCUT2D eigenvalue weighted by Gasteiger charge is -2.36. The van der Waals surface area contributed by atoms with Crippen LogP contribution in [-0.4, -0.2) is 68.9 Å². The number of ether oxygens (including phenoxy) is 2. The molecule has 0 radical (unpaired) electrons. The Morgan fingerprint density at radius 2 is 1.80 bits per heavy atom. The monoisotopic (exact) mass is 563 g/mol. The zero-order valence-electron chi connectivity index (χ0n) is 24.7. The third kappa shape index (κ3) is 6.89. The van der Waals surface area contributed by atoms with E-state index in [1.54, 1.807) is 27.9 Å². The lowest BCUT2D eigenvalue weighted by Crippen LogP contribution is -2.50. The lowest BCUT2D eigenvalue weighted by molar-refractivity contribution is 0.0240. The molecule has 41 heavy (non-hydrogen) atoms. The third-order valence-corrected chi connectivity index (χ3v) is 7.29. The average molecular weight is 564 g/mol. The van der Waals surface area contributed by atoms with Crippen LogP contribution in [0.25, 0.3) is 11.0 Å². The molecular weight excluding hydrogens is 522 g/mol. The maximum absolute atomic E-state index is 13.5. The molecule has 2 fully saturated rings. The molecule has 1 N–H and O–H groups in total. The van der Waals surface area contributed by atoms with Crippen molar-refractivity contribution in [3.63, 3.8) is 0 Å². The topological polar surface area (TPSA) is 115 Å². The molecule has 0 bridgehead atoms. The van der Waals surface area contributed by atoms with Gasteiger partial charge in [0.25, 0.3) is 5.56 Å². The van der Waals surface area contributed by atoms with Gasteiger partial charge in [-0.2, -0.15) is 4.98 Å². The number of nitrogens with one attached hydrogen (secondary N) is 1. The van der Waals surface area contributed by atoms with Gasteiger partial charge in [0.15, 0.2) is 5.75 Å². The Kier molecular flexibility index (Phi) is 8.32. The summed E-state index contributed by atoms with van der Waals surface area (Å²) in [7, 11) is 0. The van der Waals surface area contributed by atoms with Crippen molar-refractivity contribution >= 4 is 34.6 Å². The molecule has 0 aromatic carbocycles. The van der Waals surface area contributed by atoms with Crippen molar-refractivity contribution in [2.24, 2.45) is 5.92 Å². The second-order valence-corrected chi connectivity index (χ2v) is 12.3. The summed E-state index contributed by atoms with van der Waals surface area (Å²) in [6.45, 7) is 12.8. The number of carbonyl (C=O) groups excluding carboxylic acids is 1.